The van der Waals surface area contributed by atoms with Gasteiger partial charge in [-0.25, -0.2) is 4.79 Å². The van der Waals surface area contributed by atoms with Gasteiger partial charge in [0.2, 0.25) is 0 Å². The highest BCUT2D eigenvalue weighted by Crippen LogP contribution is 2.29. The fourth-order valence-electron chi connectivity index (χ4n) is 1.53. The lowest BCUT2D eigenvalue weighted by Crippen LogP contribution is -2.08. The summed E-state index contributed by atoms with van der Waals surface area (Å²) in [6.45, 7) is 1.91. The highest BCUT2D eigenvalue weighted by Gasteiger charge is 2.14. The summed E-state index contributed by atoms with van der Waals surface area (Å²) in [6.07, 6.45) is 0. The van der Waals surface area contributed by atoms with Crippen LogP contribution in [0.5, 0.6) is 5.75 Å². The number of ether oxygens (including phenoxy) is 1. The van der Waals surface area contributed by atoms with Crippen LogP contribution in [0.3, 0.4) is 0 Å². The van der Waals surface area contributed by atoms with Crippen molar-refractivity contribution in [2.24, 2.45) is 0 Å². The maximum absolute atomic E-state index is 11.9. The molecule has 0 N–H and O–H groups in total. The summed E-state index contributed by atoms with van der Waals surface area (Å²) in [4.78, 5) is 21.9. The molecule has 0 amide bonds. The molecule has 0 radical (unpaired) electrons. The smallest absolute Gasteiger partial charge is 0.343 e. The van der Waals surface area contributed by atoms with Gasteiger partial charge in [0.15, 0.2) is 0 Å². The highest BCUT2D eigenvalue weighted by molar-refractivity contribution is 6.32. The lowest BCUT2D eigenvalue weighted by Gasteiger charge is -2.06. The number of hydrogen-bond donors (Lipinski definition) is 0. The van der Waals surface area contributed by atoms with Crippen LogP contribution < -0.4 is 4.74 Å². The van der Waals surface area contributed by atoms with Crippen molar-refractivity contribution in [1.29, 1.82) is 0 Å². The molecule has 2 aromatic rings. The van der Waals surface area contributed by atoms with Gasteiger partial charge in [-0.2, -0.15) is 0 Å². The maximum atomic E-state index is 11.9. The first kappa shape index (κ1) is 14.0. The monoisotopic (exact) mass is 291 g/mol. The molecule has 2 aromatic carbocycles. The van der Waals surface area contributed by atoms with Crippen molar-refractivity contribution >= 4 is 23.3 Å². The minimum atomic E-state index is -0.572. The second-order valence-electron chi connectivity index (χ2n) is 4.13. The Morgan fingerprint density at radius 3 is 2.40 bits per heavy atom. The molecule has 0 aliphatic heterocycles. The number of carbonyl (C=O) groups is 1. The van der Waals surface area contributed by atoms with Crippen molar-refractivity contribution in [3.63, 3.8) is 0 Å². The van der Waals surface area contributed by atoms with E-state index in [0.717, 1.165) is 11.6 Å². The van der Waals surface area contributed by atoms with E-state index in [1.54, 1.807) is 24.3 Å². The molecular formula is C14H10ClNO4. The van der Waals surface area contributed by atoms with Crippen LogP contribution in [-0.2, 0) is 0 Å². The zero-order valence-electron chi connectivity index (χ0n) is 10.5. The maximum Gasteiger partial charge on any atom is 0.343 e. The number of benzene rings is 2. The second kappa shape index (κ2) is 5.71. The summed E-state index contributed by atoms with van der Waals surface area (Å²) in [5.41, 5.74) is 1.24. The van der Waals surface area contributed by atoms with Crippen LogP contribution in [0.25, 0.3) is 0 Å². The standard InChI is InChI=1S/C14H10ClNO4/c1-9-2-4-10(5-3-9)14(17)20-13-7-6-11(16(18)19)8-12(13)15/h2-8H,1H3. The Balaban J connectivity index is 2.19. The quantitative estimate of drug-likeness (QED) is 0.373. The summed E-state index contributed by atoms with van der Waals surface area (Å²) in [5, 5.41) is 10.6. The van der Waals surface area contributed by atoms with E-state index in [-0.39, 0.29) is 16.5 Å². The first-order valence-electron chi connectivity index (χ1n) is 5.70. The van der Waals surface area contributed by atoms with Gasteiger partial charge in [0, 0.05) is 12.1 Å². The first-order chi connectivity index (χ1) is 9.47. The molecule has 0 heterocycles. The van der Waals surface area contributed by atoms with E-state index in [1.807, 2.05) is 6.92 Å². The molecule has 0 atom stereocenters. The molecule has 0 saturated heterocycles. The molecule has 2 rings (SSSR count). The zero-order chi connectivity index (χ0) is 14.7. The van der Waals surface area contributed by atoms with Crippen LogP contribution in [0.15, 0.2) is 42.5 Å². The van der Waals surface area contributed by atoms with Gasteiger partial charge in [0.1, 0.15) is 5.75 Å². The lowest BCUT2D eigenvalue weighted by molar-refractivity contribution is -0.384. The number of nitrogens with zero attached hydrogens (tertiary/aromatic N) is 1. The summed E-state index contributed by atoms with van der Waals surface area (Å²) >= 11 is 5.85. The fraction of sp³-hybridized carbons (Fsp3) is 0.0714. The SMILES string of the molecule is Cc1ccc(C(=O)Oc2ccc([N+](=O)[O-])cc2Cl)cc1. The van der Waals surface area contributed by atoms with Gasteiger partial charge < -0.3 is 4.74 Å². The number of halogens is 1. The van der Waals surface area contributed by atoms with Crippen molar-refractivity contribution in [3.05, 3.63) is 68.7 Å². The molecule has 0 saturated carbocycles. The molecule has 0 aliphatic rings. The summed E-state index contributed by atoms with van der Waals surface area (Å²) in [7, 11) is 0. The number of non-ortho nitro benzene ring substituents is 1. The van der Waals surface area contributed by atoms with Gasteiger partial charge in [-0.1, -0.05) is 29.3 Å². The summed E-state index contributed by atoms with van der Waals surface area (Å²) in [6, 6.07) is 10.5. The van der Waals surface area contributed by atoms with E-state index >= 15 is 0 Å². The Labute approximate surface area is 119 Å². The molecule has 0 aliphatic carbocycles. The van der Waals surface area contributed by atoms with Gasteiger partial charge in [-0.15, -0.1) is 0 Å². The Kier molecular flexibility index (Phi) is 4.00. The normalized spacial score (nSPS) is 10.1. The molecule has 6 heteroatoms. The van der Waals surface area contributed by atoms with Crippen molar-refractivity contribution in [2.45, 2.75) is 6.92 Å². The number of nitro benzene ring substituents is 1. The number of esters is 1. The van der Waals surface area contributed by atoms with Crippen molar-refractivity contribution in [1.82, 2.24) is 0 Å². The molecule has 0 bridgehead atoms. The van der Waals surface area contributed by atoms with Crippen LogP contribution in [-0.4, -0.2) is 10.9 Å². The summed E-state index contributed by atoms with van der Waals surface area (Å²) < 4.78 is 5.11. The van der Waals surface area contributed by atoms with Crippen LogP contribution in [0.4, 0.5) is 5.69 Å². The third-order valence-corrected chi connectivity index (χ3v) is 2.91. The van der Waals surface area contributed by atoms with Crippen LogP contribution in [0.2, 0.25) is 5.02 Å². The van der Waals surface area contributed by atoms with Crippen molar-refractivity contribution in [2.75, 3.05) is 0 Å². The Morgan fingerprint density at radius 2 is 1.85 bits per heavy atom. The molecule has 0 unspecified atom stereocenters. The second-order valence-corrected chi connectivity index (χ2v) is 4.53. The number of nitro groups is 1. The van der Waals surface area contributed by atoms with Gasteiger partial charge in [-0.3, -0.25) is 10.1 Å². The number of hydrogen-bond acceptors (Lipinski definition) is 4. The third kappa shape index (κ3) is 3.13. The highest BCUT2D eigenvalue weighted by atomic mass is 35.5. The number of carbonyl (C=O) groups excluding carboxylic acids is 1. The lowest BCUT2D eigenvalue weighted by atomic mass is 10.1. The first-order valence-corrected chi connectivity index (χ1v) is 6.08. The molecule has 5 nitrogen and oxygen atoms in total. The van der Waals surface area contributed by atoms with E-state index in [4.69, 9.17) is 16.3 Å². The average molecular weight is 292 g/mol. The molecule has 0 spiro atoms. The molecular weight excluding hydrogens is 282 g/mol. The van der Waals surface area contributed by atoms with E-state index in [1.165, 1.54) is 12.1 Å². The number of rotatable bonds is 3. The third-order valence-electron chi connectivity index (χ3n) is 2.62. The molecule has 0 aromatic heterocycles. The fourth-order valence-corrected chi connectivity index (χ4v) is 1.75. The Bertz CT molecular complexity index is 667. The van der Waals surface area contributed by atoms with E-state index < -0.39 is 10.9 Å². The average Bonchev–Trinajstić information content (AvgIpc) is 2.41. The van der Waals surface area contributed by atoms with Crippen molar-refractivity contribution < 1.29 is 14.5 Å². The minimum absolute atomic E-state index is 0.0136. The van der Waals surface area contributed by atoms with Crippen molar-refractivity contribution in [3.8, 4) is 5.75 Å². The molecule has 102 valence electrons. The Hall–Kier alpha value is -2.40. The predicted octanol–water partition coefficient (Wildman–Crippen LogP) is 3.78. The number of aryl methyl sites for hydroxylation is 1. The van der Waals surface area contributed by atoms with Gasteiger partial charge in [0.05, 0.1) is 15.5 Å². The van der Waals surface area contributed by atoms with E-state index in [2.05, 4.69) is 0 Å². The van der Waals surface area contributed by atoms with Crippen LogP contribution in [0.1, 0.15) is 15.9 Å². The van der Waals surface area contributed by atoms with E-state index in [0.29, 0.717) is 5.56 Å². The predicted molar refractivity (Wildman–Crippen MR) is 74.2 cm³/mol. The van der Waals surface area contributed by atoms with Crippen LogP contribution in [0, 0.1) is 17.0 Å². The topological polar surface area (TPSA) is 69.4 Å². The van der Waals surface area contributed by atoms with Gasteiger partial charge in [0.25, 0.3) is 5.69 Å². The Morgan fingerprint density at radius 1 is 1.20 bits per heavy atom. The van der Waals surface area contributed by atoms with E-state index in [9.17, 15) is 14.9 Å². The molecule has 20 heavy (non-hydrogen) atoms. The summed E-state index contributed by atoms with van der Waals surface area (Å²) in [5.74, 6) is -0.483. The van der Waals surface area contributed by atoms with Gasteiger partial charge >= 0.3 is 5.97 Å². The zero-order valence-corrected chi connectivity index (χ0v) is 11.3. The minimum Gasteiger partial charge on any atom is -0.421 e. The van der Waals surface area contributed by atoms with Crippen LogP contribution >= 0.6 is 11.6 Å². The van der Waals surface area contributed by atoms with Gasteiger partial charge in [-0.05, 0) is 25.1 Å². The largest absolute Gasteiger partial charge is 0.421 e. The molecule has 0 fully saturated rings.